The van der Waals surface area contributed by atoms with Crippen molar-refractivity contribution in [1.82, 2.24) is 10.9 Å². The second kappa shape index (κ2) is 7.88. The summed E-state index contributed by atoms with van der Waals surface area (Å²) in [5.74, 6) is -3.65. The minimum atomic E-state index is -3.63. The summed E-state index contributed by atoms with van der Waals surface area (Å²) in [4.78, 5) is 24.2. The van der Waals surface area contributed by atoms with Crippen LogP contribution >= 0.6 is 23.2 Å². The molecule has 2 aromatic rings. The minimum absolute atomic E-state index is 0.218. The lowest BCUT2D eigenvalue weighted by Gasteiger charge is -2.20. The number of hydrogen-bond acceptors (Lipinski definition) is 4. The highest BCUT2D eigenvalue weighted by atomic mass is 35.5. The van der Waals surface area contributed by atoms with E-state index in [-0.39, 0.29) is 11.5 Å². The van der Waals surface area contributed by atoms with Crippen LogP contribution in [0.5, 0.6) is 0 Å². The van der Waals surface area contributed by atoms with Crippen LogP contribution in [0.4, 0.5) is 0 Å². The molecule has 0 bridgehead atoms. The van der Waals surface area contributed by atoms with Crippen LogP contribution in [0, 0.1) is 5.92 Å². The number of sulfone groups is 1. The molecule has 1 atom stereocenters. The molecule has 2 N–H and O–H groups in total. The summed E-state index contributed by atoms with van der Waals surface area (Å²) >= 11 is 11.7. The molecule has 3 rings (SSSR count). The van der Waals surface area contributed by atoms with Crippen molar-refractivity contribution in [3.05, 3.63) is 69.7 Å². The molecule has 1 heterocycles. The third-order valence-electron chi connectivity index (χ3n) is 4.31. The van der Waals surface area contributed by atoms with Crippen LogP contribution in [0.2, 0.25) is 10.0 Å². The van der Waals surface area contributed by atoms with E-state index in [2.05, 4.69) is 10.9 Å². The first-order chi connectivity index (χ1) is 12.7. The van der Waals surface area contributed by atoms with Gasteiger partial charge in [-0.3, -0.25) is 20.4 Å². The summed E-state index contributed by atoms with van der Waals surface area (Å²) in [7, 11) is -3.63. The normalized spacial score (nSPS) is 16.1. The highest BCUT2D eigenvalue weighted by Crippen LogP contribution is 2.30. The van der Waals surface area contributed by atoms with E-state index in [4.69, 9.17) is 23.2 Å². The van der Waals surface area contributed by atoms with Crippen molar-refractivity contribution in [3.63, 3.8) is 0 Å². The topological polar surface area (TPSA) is 92.3 Å². The lowest BCUT2D eigenvalue weighted by atomic mass is 9.87. The van der Waals surface area contributed by atoms with Crippen LogP contribution in [-0.4, -0.2) is 26.0 Å². The van der Waals surface area contributed by atoms with Crippen LogP contribution in [0.3, 0.4) is 0 Å². The third-order valence-corrected chi connectivity index (χ3v) is 6.45. The Hall–Kier alpha value is -2.09. The number of nitrogens with one attached hydrogen (secondary N) is 2. The molecule has 2 aromatic carbocycles. The number of halogens is 2. The fourth-order valence-electron chi connectivity index (χ4n) is 3.03. The summed E-state index contributed by atoms with van der Waals surface area (Å²) in [5, 5.41) is 0.983. The second-order valence-electron chi connectivity index (χ2n) is 6.30. The van der Waals surface area contributed by atoms with E-state index in [1.807, 2.05) is 0 Å². The number of rotatable bonds is 6. The molecule has 1 fully saturated rings. The van der Waals surface area contributed by atoms with E-state index in [1.54, 1.807) is 48.5 Å². The Bertz CT molecular complexity index is 944. The summed E-state index contributed by atoms with van der Waals surface area (Å²) < 4.78 is 25.6. The highest BCUT2D eigenvalue weighted by Gasteiger charge is 2.42. The standard InChI is InChI=1S/C18H16Cl2N2O4S/c19-13-5-1-11(2-6-13)9-27(25,26)10-15(12-3-7-14(20)8-4-12)16-17(23)21-22-18(16)24/h1-8,15-16H,9-10H2,(H,21,23)(H,22,24). The van der Waals surface area contributed by atoms with Crippen molar-refractivity contribution < 1.29 is 18.0 Å². The Morgan fingerprint density at radius 2 is 1.33 bits per heavy atom. The zero-order chi connectivity index (χ0) is 19.6. The quantitative estimate of drug-likeness (QED) is 0.693. The molecule has 27 heavy (non-hydrogen) atoms. The van der Waals surface area contributed by atoms with Gasteiger partial charge < -0.3 is 0 Å². The molecule has 142 valence electrons. The molecule has 2 amide bonds. The van der Waals surface area contributed by atoms with Gasteiger partial charge in [-0.15, -0.1) is 0 Å². The number of hydrazine groups is 1. The lowest BCUT2D eigenvalue weighted by Crippen LogP contribution is -2.31. The van der Waals surface area contributed by atoms with E-state index in [0.717, 1.165) is 0 Å². The first-order valence-corrected chi connectivity index (χ1v) is 10.6. The second-order valence-corrected chi connectivity index (χ2v) is 9.28. The molecule has 0 spiro atoms. The number of carbonyl (C=O) groups is 2. The predicted molar refractivity (Wildman–Crippen MR) is 103 cm³/mol. The molecule has 1 aliphatic heterocycles. The number of amides is 2. The summed E-state index contributed by atoms with van der Waals surface area (Å²) in [6.07, 6.45) is 0. The largest absolute Gasteiger partial charge is 0.272 e. The number of hydrogen-bond donors (Lipinski definition) is 2. The first kappa shape index (κ1) is 19.7. The van der Waals surface area contributed by atoms with Crippen molar-refractivity contribution in [2.24, 2.45) is 5.92 Å². The molecule has 0 saturated carbocycles. The van der Waals surface area contributed by atoms with Gasteiger partial charge in [-0.1, -0.05) is 47.5 Å². The van der Waals surface area contributed by atoms with Crippen molar-refractivity contribution in [2.75, 3.05) is 5.75 Å². The summed E-state index contributed by atoms with van der Waals surface area (Å²) in [6, 6.07) is 12.9. The zero-order valence-corrected chi connectivity index (χ0v) is 16.3. The molecule has 6 nitrogen and oxygen atoms in total. The molecule has 0 aromatic heterocycles. The Kier molecular flexibility index (Phi) is 5.74. The smallest absolute Gasteiger partial charge is 0.251 e. The van der Waals surface area contributed by atoms with Gasteiger partial charge >= 0.3 is 0 Å². The SMILES string of the molecule is O=C1NNC(=O)C1C(CS(=O)(=O)Cc1ccc(Cl)cc1)c1ccc(Cl)cc1. The van der Waals surface area contributed by atoms with Crippen LogP contribution < -0.4 is 10.9 Å². The fraction of sp³-hybridized carbons (Fsp3) is 0.222. The van der Waals surface area contributed by atoms with Crippen LogP contribution in [0.25, 0.3) is 0 Å². The van der Waals surface area contributed by atoms with Gasteiger partial charge in [0.05, 0.1) is 11.5 Å². The van der Waals surface area contributed by atoms with Gasteiger partial charge in [0.25, 0.3) is 11.8 Å². The van der Waals surface area contributed by atoms with E-state index in [1.165, 1.54) is 0 Å². The van der Waals surface area contributed by atoms with Crippen molar-refractivity contribution >= 4 is 44.9 Å². The Morgan fingerprint density at radius 1 is 0.852 bits per heavy atom. The molecule has 9 heteroatoms. The fourth-order valence-corrected chi connectivity index (χ4v) is 5.03. The van der Waals surface area contributed by atoms with E-state index >= 15 is 0 Å². The average Bonchev–Trinajstić information content (AvgIpc) is 2.94. The Morgan fingerprint density at radius 3 is 1.85 bits per heavy atom. The predicted octanol–water partition coefficient (Wildman–Crippen LogP) is 2.47. The van der Waals surface area contributed by atoms with Gasteiger partial charge in [0.1, 0.15) is 5.92 Å². The van der Waals surface area contributed by atoms with Gasteiger partial charge in [-0.05, 0) is 35.4 Å². The zero-order valence-electron chi connectivity index (χ0n) is 14.0. The monoisotopic (exact) mass is 426 g/mol. The summed E-state index contributed by atoms with van der Waals surface area (Å²) in [6.45, 7) is 0. The molecule has 0 aliphatic carbocycles. The van der Waals surface area contributed by atoms with E-state index < -0.39 is 33.5 Å². The average molecular weight is 427 g/mol. The maximum atomic E-state index is 12.8. The van der Waals surface area contributed by atoms with Crippen molar-refractivity contribution in [2.45, 2.75) is 11.7 Å². The summed E-state index contributed by atoms with van der Waals surface area (Å²) in [5.41, 5.74) is 5.63. The lowest BCUT2D eigenvalue weighted by molar-refractivity contribution is -0.128. The van der Waals surface area contributed by atoms with Gasteiger partial charge in [-0.2, -0.15) is 0 Å². The van der Waals surface area contributed by atoms with Gasteiger partial charge in [-0.25, -0.2) is 8.42 Å². The molecule has 1 aliphatic rings. The molecule has 0 radical (unpaired) electrons. The minimum Gasteiger partial charge on any atom is -0.272 e. The van der Waals surface area contributed by atoms with Crippen molar-refractivity contribution in [1.29, 1.82) is 0 Å². The first-order valence-electron chi connectivity index (χ1n) is 8.05. The Balaban J connectivity index is 1.90. The molecular formula is C18H16Cl2N2O4S. The van der Waals surface area contributed by atoms with E-state index in [0.29, 0.717) is 21.2 Å². The third kappa shape index (κ3) is 4.80. The maximum absolute atomic E-state index is 12.8. The van der Waals surface area contributed by atoms with Crippen LogP contribution in [-0.2, 0) is 25.2 Å². The highest BCUT2D eigenvalue weighted by molar-refractivity contribution is 7.90. The van der Waals surface area contributed by atoms with Gasteiger partial charge in [0.2, 0.25) is 0 Å². The molecule has 1 unspecified atom stereocenters. The molecule has 1 saturated heterocycles. The van der Waals surface area contributed by atoms with Crippen LogP contribution in [0.1, 0.15) is 17.0 Å². The number of carbonyl (C=O) groups excluding carboxylic acids is 2. The van der Waals surface area contributed by atoms with Gasteiger partial charge in [0.15, 0.2) is 9.84 Å². The van der Waals surface area contributed by atoms with E-state index in [9.17, 15) is 18.0 Å². The van der Waals surface area contributed by atoms with Gasteiger partial charge in [0, 0.05) is 16.0 Å². The Labute approximate surface area is 166 Å². The van der Waals surface area contributed by atoms with Crippen molar-refractivity contribution in [3.8, 4) is 0 Å². The maximum Gasteiger partial charge on any atom is 0.251 e. The molecular weight excluding hydrogens is 411 g/mol. The van der Waals surface area contributed by atoms with Crippen LogP contribution in [0.15, 0.2) is 48.5 Å². The number of benzene rings is 2.